The van der Waals surface area contributed by atoms with Gasteiger partial charge >= 0.3 is 5.97 Å². The summed E-state index contributed by atoms with van der Waals surface area (Å²) in [6.45, 7) is 5.01. The molecule has 3 rings (SSSR count). The van der Waals surface area contributed by atoms with Crippen LogP contribution in [0, 0.1) is 5.41 Å². The van der Waals surface area contributed by atoms with Gasteiger partial charge in [0.15, 0.2) is 0 Å². The van der Waals surface area contributed by atoms with Gasteiger partial charge in [-0.1, -0.05) is 0 Å². The van der Waals surface area contributed by atoms with Gasteiger partial charge in [-0.2, -0.15) is 11.3 Å². The van der Waals surface area contributed by atoms with E-state index in [0.717, 1.165) is 32.5 Å². The number of rotatable bonds is 3. The highest BCUT2D eigenvalue weighted by Crippen LogP contribution is 2.43. The maximum Gasteiger partial charge on any atom is 0.326 e. The number of hydrogen-bond acceptors (Lipinski definition) is 4. The fraction of sp³-hybridized carbons (Fsp3) is 0.625. The van der Waals surface area contributed by atoms with E-state index in [0.29, 0.717) is 13.0 Å². The third-order valence-electron chi connectivity index (χ3n) is 5.10. The smallest absolute Gasteiger partial charge is 0.326 e. The first kappa shape index (κ1) is 15.5. The van der Waals surface area contributed by atoms with Gasteiger partial charge in [0.1, 0.15) is 6.04 Å². The van der Waals surface area contributed by atoms with Crippen molar-refractivity contribution in [3.63, 3.8) is 0 Å². The molecule has 1 atom stereocenters. The Bertz CT molecular complexity index is 526. The van der Waals surface area contributed by atoms with E-state index in [1.165, 1.54) is 12.5 Å². The highest BCUT2D eigenvalue weighted by atomic mass is 32.1. The summed E-state index contributed by atoms with van der Waals surface area (Å²) in [6, 6.07) is 1.52. The van der Waals surface area contributed by atoms with Crippen LogP contribution in [0.5, 0.6) is 0 Å². The van der Waals surface area contributed by atoms with Crippen molar-refractivity contribution in [1.29, 1.82) is 0 Å². The van der Waals surface area contributed by atoms with Crippen LogP contribution in [0.25, 0.3) is 0 Å². The second-order valence-corrected chi connectivity index (χ2v) is 7.39. The van der Waals surface area contributed by atoms with E-state index in [1.54, 1.807) is 16.2 Å². The molecule has 0 radical (unpaired) electrons. The van der Waals surface area contributed by atoms with Gasteiger partial charge < -0.3 is 10.0 Å². The van der Waals surface area contributed by atoms with Crippen LogP contribution in [0.4, 0.5) is 0 Å². The van der Waals surface area contributed by atoms with E-state index in [2.05, 4.69) is 21.7 Å². The number of carbonyl (C=O) groups excluding carboxylic acids is 1. The number of piperidine rings is 1. The van der Waals surface area contributed by atoms with E-state index in [1.807, 2.05) is 0 Å². The van der Waals surface area contributed by atoms with Crippen molar-refractivity contribution in [2.45, 2.75) is 38.8 Å². The topological polar surface area (TPSA) is 60.9 Å². The average Bonchev–Trinajstić information content (AvgIpc) is 3.10. The molecule has 120 valence electrons. The zero-order valence-corrected chi connectivity index (χ0v) is 13.6. The fourth-order valence-electron chi connectivity index (χ4n) is 3.80. The van der Waals surface area contributed by atoms with E-state index in [-0.39, 0.29) is 11.3 Å². The fourth-order valence-corrected chi connectivity index (χ4v) is 4.46. The summed E-state index contributed by atoms with van der Waals surface area (Å²) in [4.78, 5) is 27.1. The lowest BCUT2D eigenvalue weighted by Gasteiger charge is -2.39. The van der Waals surface area contributed by atoms with Crippen molar-refractivity contribution >= 4 is 23.2 Å². The Labute approximate surface area is 134 Å². The van der Waals surface area contributed by atoms with Gasteiger partial charge in [-0.15, -0.1) is 0 Å². The van der Waals surface area contributed by atoms with Gasteiger partial charge in [-0.05, 0) is 60.2 Å². The minimum absolute atomic E-state index is 0.000126. The molecular formula is C16H22N2O3S. The third kappa shape index (κ3) is 3.03. The summed E-state index contributed by atoms with van der Waals surface area (Å²) in [6.07, 6.45) is 2.56. The van der Waals surface area contributed by atoms with Gasteiger partial charge in [0.25, 0.3) is 0 Å². The van der Waals surface area contributed by atoms with E-state index in [4.69, 9.17) is 0 Å². The van der Waals surface area contributed by atoms with Crippen LogP contribution in [0.2, 0.25) is 0 Å². The number of aliphatic carboxylic acids is 1. The van der Waals surface area contributed by atoms with Crippen LogP contribution < -0.4 is 0 Å². The molecule has 0 saturated carbocycles. The Morgan fingerprint density at radius 3 is 2.64 bits per heavy atom. The molecule has 1 spiro atoms. The zero-order valence-electron chi connectivity index (χ0n) is 12.8. The van der Waals surface area contributed by atoms with Crippen LogP contribution in [0.3, 0.4) is 0 Å². The molecule has 2 saturated heterocycles. The summed E-state index contributed by atoms with van der Waals surface area (Å²) >= 11 is 1.72. The lowest BCUT2D eigenvalue weighted by Crippen LogP contribution is -2.42. The molecule has 22 heavy (non-hydrogen) atoms. The molecule has 2 fully saturated rings. The first-order valence-corrected chi connectivity index (χ1v) is 8.67. The Morgan fingerprint density at radius 1 is 1.41 bits per heavy atom. The first-order chi connectivity index (χ1) is 10.5. The van der Waals surface area contributed by atoms with Crippen LogP contribution in [0.15, 0.2) is 16.8 Å². The number of nitrogens with zero attached hydrogens (tertiary/aromatic N) is 2. The van der Waals surface area contributed by atoms with Gasteiger partial charge in [0, 0.05) is 20.0 Å². The summed E-state index contributed by atoms with van der Waals surface area (Å²) in [5, 5.41) is 13.6. The summed E-state index contributed by atoms with van der Waals surface area (Å²) in [5.41, 5.74) is 1.35. The molecule has 0 bridgehead atoms. The molecule has 5 nitrogen and oxygen atoms in total. The van der Waals surface area contributed by atoms with Crippen LogP contribution >= 0.6 is 11.3 Å². The first-order valence-electron chi connectivity index (χ1n) is 7.73. The lowest BCUT2D eigenvalue weighted by molar-refractivity contribution is -0.147. The molecule has 0 unspecified atom stereocenters. The van der Waals surface area contributed by atoms with Gasteiger partial charge in [-0.3, -0.25) is 9.69 Å². The van der Waals surface area contributed by atoms with E-state index in [9.17, 15) is 14.7 Å². The summed E-state index contributed by atoms with van der Waals surface area (Å²) in [5.74, 6) is -0.988. The summed E-state index contributed by atoms with van der Waals surface area (Å²) < 4.78 is 0. The lowest BCUT2D eigenvalue weighted by atomic mass is 9.76. The Morgan fingerprint density at radius 2 is 2.14 bits per heavy atom. The molecule has 1 aromatic heterocycles. The summed E-state index contributed by atoms with van der Waals surface area (Å²) in [7, 11) is 0. The maximum absolute atomic E-state index is 11.7. The van der Waals surface area contributed by atoms with Crippen LogP contribution in [0.1, 0.15) is 31.7 Å². The highest BCUT2D eigenvalue weighted by molar-refractivity contribution is 7.07. The molecule has 1 aromatic rings. The third-order valence-corrected chi connectivity index (χ3v) is 5.83. The normalized spacial score (nSPS) is 24.8. The second-order valence-electron chi connectivity index (χ2n) is 6.61. The molecular weight excluding hydrogens is 300 g/mol. The number of amides is 1. The van der Waals surface area contributed by atoms with Crippen molar-refractivity contribution in [3.8, 4) is 0 Å². The molecule has 1 N–H and O–H groups in total. The predicted octanol–water partition coefficient (Wildman–Crippen LogP) is 2.04. The molecule has 0 aromatic carbocycles. The number of likely N-dealkylation sites (tertiary alicyclic amines) is 2. The van der Waals surface area contributed by atoms with Crippen molar-refractivity contribution in [3.05, 3.63) is 22.4 Å². The SMILES string of the molecule is CC(=O)N1CC2(CCN(Cc3ccsc3)CC2)C[C@H]1C(=O)O. The quantitative estimate of drug-likeness (QED) is 0.925. The van der Waals surface area contributed by atoms with Crippen molar-refractivity contribution in [2.75, 3.05) is 19.6 Å². The van der Waals surface area contributed by atoms with Crippen LogP contribution in [-0.2, 0) is 16.1 Å². The van der Waals surface area contributed by atoms with Gasteiger partial charge in [0.05, 0.1) is 0 Å². The number of thiophene rings is 1. The Kier molecular flexibility index (Phi) is 4.23. The van der Waals surface area contributed by atoms with Crippen molar-refractivity contribution < 1.29 is 14.7 Å². The van der Waals surface area contributed by atoms with Crippen molar-refractivity contribution in [1.82, 2.24) is 9.80 Å². The average molecular weight is 322 g/mol. The largest absolute Gasteiger partial charge is 0.480 e. The predicted molar refractivity (Wildman–Crippen MR) is 84.7 cm³/mol. The minimum Gasteiger partial charge on any atom is -0.480 e. The number of carbonyl (C=O) groups is 2. The monoisotopic (exact) mass is 322 g/mol. The van der Waals surface area contributed by atoms with E-state index >= 15 is 0 Å². The zero-order chi connectivity index (χ0) is 15.7. The Hall–Kier alpha value is -1.40. The number of carboxylic acid groups (broad SMARTS) is 1. The van der Waals surface area contributed by atoms with Crippen molar-refractivity contribution in [2.24, 2.45) is 5.41 Å². The minimum atomic E-state index is -0.868. The second kappa shape index (κ2) is 6.01. The molecule has 6 heteroatoms. The standard InChI is InChI=1S/C16H22N2O3S/c1-12(19)18-11-16(8-14(18)15(20)21)3-5-17(6-4-16)9-13-2-7-22-10-13/h2,7,10,14H,3-6,8-9,11H2,1H3,(H,20,21)/t14-/m0/s1. The molecule has 2 aliphatic rings. The number of carboxylic acids is 1. The maximum atomic E-state index is 11.7. The molecule has 2 aliphatic heterocycles. The van der Waals surface area contributed by atoms with Crippen LogP contribution in [-0.4, -0.2) is 52.5 Å². The van der Waals surface area contributed by atoms with Gasteiger partial charge in [0.2, 0.25) is 5.91 Å². The van der Waals surface area contributed by atoms with E-state index < -0.39 is 12.0 Å². The Balaban J connectivity index is 1.62. The molecule has 1 amide bonds. The highest BCUT2D eigenvalue weighted by Gasteiger charge is 2.48. The van der Waals surface area contributed by atoms with Gasteiger partial charge in [-0.25, -0.2) is 4.79 Å². The number of hydrogen-bond donors (Lipinski definition) is 1. The molecule has 0 aliphatic carbocycles. The molecule has 3 heterocycles.